The largest absolute Gasteiger partial charge is 0.129 e. The summed E-state index contributed by atoms with van der Waals surface area (Å²) in [7, 11) is 0. The average molecular weight is 417 g/mol. The van der Waals surface area contributed by atoms with E-state index in [2.05, 4.69) is 119 Å². The number of hydrogen-bond donors (Lipinski definition) is 0. The van der Waals surface area contributed by atoms with Gasteiger partial charge in [0.1, 0.15) is 4.08 Å². The zero-order valence-corrected chi connectivity index (χ0v) is 21.8. The maximum Gasteiger partial charge on any atom is 0.106 e. The fraction of sp³-hybridized carbons (Fsp3) is 0.769. The Morgan fingerprint density at radius 3 is 1.79 bits per heavy atom. The van der Waals surface area contributed by atoms with Crippen molar-refractivity contribution in [2.45, 2.75) is 97.2 Å². The van der Waals surface area contributed by atoms with Crippen molar-refractivity contribution in [1.82, 2.24) is 0 Å². The smallest absolute Gasteiger partial charge is 0.106 e. The van der Waals surface area contributed by atoms with Crippen molar-refractivity contribution in [1.29, 1.82) is 0 Å². The summed E-state index contributed by atoms with van der Waals surface area (Å²) in [4.78, 5) is 0. The van der Waals surface area contributed by atoms with E-state index in [1.165, 1.54) is 0 Å². The minimum Gasteiger partial charge on any atom is -0.129 e. The molecule has 0 aromatic heterocycles. The summed E-state index contributed by atoms with van der Waals surface area (Å²) in [5.41, 5.74) is 7.62. The third-order valence-electron chi connectivity index (χ3n) is 7.29. The summed E-state index contributed by atoms with van der Waals surface area (Å²) in [6.45, 7) is 29.2. The van der Waals surface area contributed by atoms with Crippen molar-refractivity contribution in [2.24, 2.45) is 27.6 Å². The van der Waals surface area contributed by atoms with Crippen LogP contribution in [0.2, 0.25) is 0 Å². The minimum absolute atomic E-state index is 0.146. The standard InChI is InChI=1S/C26H40S2/c1-21(2,3)15-13-17(23(7,8)9)26-19(15)18-16(22(4,5)6)14-25(28-26,20(18)27-26)24(10,11)12/h13-14,18,20H,1-12H3. The van der Waals surface area contributed by atoms with Crippen molar-refractivity contribution in [2.75, 3.05) is 0 Å². The summed E-state index contributed by atoms with van der Waals surface area (Å²) >= 11 is 4.62. The van der Waals surface area contributed by atoms with Gasteiger partial charge in [0.2, 0.25) is 0 Å². The van der Waals surface area contributed by atoms with E-state index in [0.29, 0.717) is 11.2 Å². The highest BCUT2D eigenvalue weighted by Gasteiger charge is 2.76. The molecule has 0 radical (unpaired) electrons. The molecule has 0 aromatic carbocycles. The molecule has 0 aromatic rings. The predicted molar refractivity (Wildman–Crippen MR) is 129 cm³/mol. The minimum atomic E-state index is 0.146. The van der Waals surface area contributed by atoms with Gasteiger partial charge >= 0.3 is 0 Å². The number of hydrogen-bond acceptors (Lipinski definition) is 2. The second-order valence-electron chi connectivity index (χ2n) is 13.5. The van der Waals surface area contributed by atoms with E-state index in [1.807, 2.05) is 0 Å². The Bertz CT molecular complexity index is 826. The molecule has 2 heterocycles. The van der Waals surface area contributed by atoms with Crippen LogP contribution in [0.1, 0.15) is 83.1 Å². The molecule has 4 atom stereocenters. The van der Waals surface area contributed by atoms with Gasteiger partial charge in [0.15, 0.2) is 0 Å². The van der Waals surface area contributed by atoms with E-state index in [9.17, 15) is 0 Å². The summed E-state index contributed by atoms with van der Waals surface area (Å²) in [5, 5.41) is 0.671. The molecule has 156 valence electrons. The molecule has 4 unspecified atom stereocenters. The van der Waals surface area contributed by atoms with Crippen LogP contribution in [0.3, 0.4) is 0 Å². The maximum absolute atomic E-state index is 2.75. The van der Waals surface area contributed by atoms with Crippen LogP contribution in [0, 0.1) is 27.6 Å². The third-order valence-corrected chi connectivity index (χ3v) is 11.7. The Kier molecular flexibility index (Phi) is 4.07. The first-order chi connectivity index (χ1) is 12.4. The molecule has 4 aliphatic rings. The zero-order chi connectivity index (χ0) is 21.3. The lowest BCUT2D eigenvalue weighted by atomic mass is 9.71. The molecule has 4 rings (SSSR count). The molecule has 2 aliphatic carbocycles. The molecule has 0 nitrogen and oxygen atoms in total. The molecular formula is C26H40S2. The Morgan fingerprint density at radius 2 is 1.36 bits per heavy atom. The van der Waals surface area contributed by atoms with Crippen molar-refractivity contribution < 1.29 is 0 Å². The highest BCUT2D eigenvalue weighted by molar-refractivity contribution is 8.23. The third kappa shape index (κ3) is 2.46. The van der Waals surface area contributed by atoms with Crippen LogP contribution in [0.25, 0.3) is 0 Å². The van der Waals surface area contributed by atoms with Gasteiger partial charge < -0.3 is 0 Å². The summed E-state index contributed by atoms with van der Waals surface area (Å²) in [6.07, 6.45) is 5.38. The Balaban J connectivity index is 2.03. The van der Waals surface area contributed by atoms with Gasteiger partial charge in [-0.25, -0.2) is 0 Å². The molecule has 2 heteroatoms. The molecule has 2 saturated heterocycles. The Labute approximate surface area is 182 Å². The predicted octanol–water partition coefficient (Wildman–Crippen LogP) is 8.26. The van der Waals surface area contributed by atoms with Gasteiger partial charge in [0.05, 0.1) is 4.75 Å². The van der Waals surface area contributed by atoms with E-state index in [1.54, 1.807) is 22.3 Å². The van der Waals surface area contributed by atoms with Crippen molar-refractivity contribution in [3.8, 4) is 0 Å². The second-order valence-corrected chi connectivity index (χ2v) is 16.6. The van der Waals surface area contributed by atoms with Crippen molar-refractivity contribution in [3.63, 3.8) is 0 Å². The van der Waals surface area contributed by atoms with E-state index in [4.69, 9.17) is 0 Å². The first-order valence-corrected chi connectivity index (χ1v) is 12.6. The van der Waals surface area contributed by atoms with Gasteiger partial charge in [-0.15, -0.1) is 23.5 Å². The highest BCUT2D eigenvalue weighted by atomic mass is 32.2. The van der Waals surface area contributed by atoms with Crippen LogP contribution in [0.15, 0.2) is 34.4 Å². The monoisotopic (exact) mass is 416 g/mol. The number of thioether (sulfide) groups is 2. The van der Waals surface area contributed by atoms with Gasteiger partial charge in [0.25, 0.3) is 0 Å². The molecule has 2 bridgehead atoms. The van der Waals surface area contributed by atoms with Gasteiger partial charge in [-0.1, -0.05) is 101 Å². The topological polar surface area (TPSA) is 0 Å². The van der Waals surface area contributed by atoms with Crippen molar-refractivity contribution in [3.05, 3.63) is 34.4 Å². The molecule has 0 amide bonds. The lowest BCUT2D eigenvalue weighted by Gasteiger charge is -2.47. The average Bonchev–Trinajstić information content (AvgIpc) is 3.07. The fourth-order valence-electron chi connectivity index (χ4n) is 5.86. The Hall–Kier alpha value is -0.0800. The van der Waals surface area contributed by atoms with Gasteiger partial charge in [0, 0.05) is 11.2 Å². The maximum atomic E-state index is 2.75. The van der Waals surface area contributed by atoms with Gasteiger partial charge in [-0.3, -0.25) is 0 Å². The lowest BCUT2D eigenvalue weighted by Crippen LogP contribution is -2.47. The van der Waals surface area contributed by atoms with Crippen LogP contribution in [-0.4, -0.2) is 14.1 Å². The second kappa shape index (κ2) is 5.39. The van der Waals surface area contributed by atoms with Gasteiger partial charge in [-0.2, -0.15) is 0 Å². The van der Waals surface area contributed by atoms with Crippen LogP contribution < -0.4 is 0 Å². The van der Waals surface area contributed by atoms with Crippen LogP contribution in [-0.2, 0) is 0 Å². The molecule has 28 heavy (non-hydrogen) atoms. The molecule has 0 N–H and O–H groups in total. The molecule has 2 aliphatic heterocycles. The molecule has 1 spiro atoms. The number of rotatable bonds is 0. The van der Waals surface area contributed by atoms with E-state index in [0.717, 1.165) is 0 Å². The normalized spacial score (nSPS) is 37.6. The zero-order valence-electron chi connectivity index (χ0n) is 20.1. The van der Waals surface area contributed by atoms with Gasteiger partial charge in [-0.05, 0) is 38.4 Å². The lowest BCUT2D eigenvalue weighted by molar-refractivity contribution is 0.316. The van der Waals surface area contributed by atoms with Crippen LogP contribution in [0.5, 0.6) is 0 Å². The molecule has 2 fully saturated rings. The highest BCUT2D eigenvalue weighted by Crippen LogP contribution is 2.84. The van der Waals surface area contributed by atoms with E-state index < -0.39 is 0 Å². The molecule has 0 saturated carbocycles. The van der Waals surface area contributed by atoms with Crippen LogP contribution >= 0.6 is 23.5 Å². The molecular weight excluding hydrogens is 376 g/mol. The summed E-state index contributed by atoms with van der Waals surface area (Å²) in [5.74, 6) is 0.607. The first kappa shape index (κ1) is 21.2. The van der Waals surface area contributed by atoms with E-state index >= 15 is 0 Å². The fourth-order valence-corrected chi connectivity index (χ4v) is 11.3. The summed E-state index contributed by atoms with van der Waals surface area (Å²) in [6, 6.07) is 0. The summed E-state index contributed by atoms with van der Waals surface area (Å²) < 4.78 is 0.374. The number of fused-ring (bicyclic) bond motifs is 1. The van der Waals surface area contributed by atoms with E-state index in [-0.39, 0.29) is 30.5 Å². The quantitative estimate of drug-likeness (QED) is 0.364. The Morgan fingerprint density at radius 1 is 0.786 bits per heavy atom. The number of allylic oxidation sites excluding steroid dienone is 3. The van der Waals surface area contributed by atoms with Crippen LogP contribution in [0.4, 0.5) is 0 Å². The SMILES string of the molecule is CC(C)(C)C1=CC2(C(C)(C)C)SC34SC2C1C3=C(C(C)(C)C)C=C4C(C)(C)C. The van der Waals surface area contributed by atoms with Crippen molar-refractivity contribution >= 4 is 23.5 Å². The first-order valence-electron chi connectivity index (χ1n) is 11.0.